The topological polar surface area (TPSA) is 79.0 Å². The summed E-state index contributed by atoms with van der Waals surface area (Å²) in [6.07, 6.45) is 0. The van der Waals surface area contributed by atoms with E-state index in [1.807, 2.05) is 31.7 Å². The Morgan fingerprint density at radius 2 is 1.55 bits per heavy atom. The highest BCUT2D eigenvalue weighted by Crippen LogP contribution is 2.18. The minimum Gasteiger partial charge on any atom is -0.462 e. The predicted molar refractivity (Wildman–Crippen MR) is 123 cm³/mol. The Hall–Kier alpha value is -3.35. The maximum atomic E-state index is 12.7. The summed E-state index contributed by atoms with van der Waals surface area (Å²) in [5, 5.41) is 2.86. The van der Waals surface area contributed by atoms with Crippen LogP contribution in [0.25, 0.3) is 0 Å². The molecule has 1 N–H and O–H groups in total. The largest absolute Gasteiger partial charge is 0.462 e. The fourth-order valence-corrected chi connectivity index (χ4v) is 3.23. The molecule has 0 aromatic heterocycles. The number of amides is 2. The number of ether oxygens (including phenoxy) is 1. The maximum absolute atomic E-state index is 12.7. The van der Waals surface area contributed by atoms with Gasteiger partial charge >= 0.3 is 5.97 Å². The number of carbonyl (C=O) groups is 3. The molecule has 0 unspecified atom stereocenters. The normalized spacial score (nSPS) is 10.3. The van der Waals surface area contributed by atoms with E-state index < -0.39 is 0 Å². The van der Waals surface area contributed by atoms with Crippen molar-refractivity contribution in [2.75, 3.05) is 43.0 Å². The van der Waals surface area contributed by atoms with E-state index in [2.05, 4.69) is 5.32 Å². The fourth-order valence-electron chi connectivity index (χ4n) is 3.23. The van der Waals surface area contributed by atoms with Gasteiger partial charge < -0.3 is 19.9 Å². The lowest BCUT2D eigenvalue weighted by atomic mass is 10.1. The van der Waals surface area contributed by atoms with Gasteiger partial charge in [0.2, 0.25) is 5.91 Å². The summed E-state index contributed by atoms with van der Waals surface area (Å²) in [5.74, 6) is -0.664. The number of rotatable bonds is 10. The number of esters is 1. The molecule has 7 heteroatoms. The van der Waals surface area contributed by atoms with E-state index in [0.717, 1.165) is 5.69 Å². The number of benzene rings is 2. The van der Waals surface area contributed by atoms with Crippen LogP contribution in [-0.2, 0) is 9.53 Å². The summed E-state index contributed by atoms with van der Waals surface area (Å²) >= 11 is 0. The molecule has 2 aromatic rings. The molecule has 0 aliphatic carbocycles. The summed E-state index contributed by atoms with van der Waals surface area (Å²) < 4.78 is 5.05. The molecule has 166 valence electrons. The van der Waals surface area contributed by atoms with Crippen molar-refractivity contribution in [3.05, 3.63) is 59.7 Å². The van der Waals surface area contributed by atoms with Crippen LogP contribution < -0.4 is 10.2 Å². The Morgan fingerprint density at radius 3 is 2.19 bits per heavy atom. The van der Waals surface area contributed by atoms with Crippen molar-refractivity contribution in [2.24, 2.45) is 0 Å². The quantitative estimate of drug-likeness (QED) is 0.586. The van der Waals surface area contributed by atoms with E-state index in [-0.39, 0.29) is 24.3 Å². The van der Waals surface area contributed by atoms with Gasteiger partial charge in [0, 0.05) is 36.6 Å². The Kier molecular flexibility index (Phi) is 9.06. The molecule has 2 rings (SSSR count). The number of likely N-dealkylation sites (N-methyl/N-ethyl adjacent to an activating group) is 1. The number of hydrogen-bond acceptors (Lipinski definition) is 5. The molecule has 31 heavy (non-hydrogen) atoms. The number of nitrogens with zero attached hydrogens (tertiary/aromatic N) is 2. The summed E-state index contributed by atoms with van der Waals surface area (Å²) in [6, 6.07) is 14.0. The molecule has 2 aromatic carbocycles. The van der Waals surface area contributed by atoms with Gasteiger partial charge in [-0.25, -0.2) is 4.79 Å². The third-order valence-corrected chi connectivity index (χ3v) is 4.88. The zero-order valence-electron chi connectivity index (χ0n) is 18.7. The van der Waals surface area contributed by atoms with E-state index >= 15 is 0 Å². The van der Waals surface area contributed by atoms with Crippen LogP contribution in [0.15, 0.2) is 48.5 Å². The second-order valence-corrected chi connectivity index (χ2v) is 6.89. The molecule has 0 atom stereocenters. The highest BCUT2D eigenvalue weighted by molar-refractivity contribution is 5.98. The Balaban J connectivity index is 2.09. The van der Waals surface area contributed by atoms with Gasteiger partial charge in [-0.15, -0.1) is 0 Å². The molecule has 0 aliphatic heterocycles. The monoisotopic (exact) mass is 425 g/mol. The van der Waals surface area contributed by atoms with E-state index in [1.165, 1.54) is 0 Å². The SMILES string of the molecule is CCOC(=O)c1cccc(N(CC)CC(=O)Nc2cccc(C(=O)N(CC)CC)c2)c1. The van der Waals surface area contributed by atoms with E-state index in [0.29, 0.717) is 43.1 Å². The average Bonchev–Trinajstić information content (AvgIpc) is 2.78. The second kappa shape index (κ2) is 11.7. The van der Waals surface area contributed by atoms with Crippen LogP contribution in [0.1, 0.15) is 48.4 Å². The van der Waals surface area contributed by atoms with E-state index in [9.17, 15) is 14.4 Å². The molecule has 0 heterocycles. The standard InChI is InChI=1S/C24H31N3O4/c1-5-26(6-2)23(29)18-11-9-13-20(15-18)25-22(28)17-27(7-3)21-14-10-12-19(16-21)24(30)31-8-4/h9-16H,5-8,17H2,1-4H3,(H,25,28). The molecule has 0 radical (unpaired) electrons. The number of carbonyl (C=O) groups excluding carboxylic acids is 3. The van der Waals surface area contributed by atoms with Gasteiger partial charge in [-0.1, -0.05) is 12.1 Å². The van der Waals surface area contributed by atoms with Crippen molar-refractivity contribution in [1.82, 2.24) is 4.90 Å². The molecule has 2 amide bonds. The number of hydrogen-bond donors (Lipinski definition) is 1. The van der Waals surface area contributed by atoms with Crippen LogP contribution in [-0.4, -0.2) is 55.5 Å². The van der Waals surface area contributed by atoms with Crippen LogP contribution >= 0.6 is 0 Å². The van der Waals surface area contributed by atoms with Crippen LogP contribution in [0.3, 0.4) is 0 Å². The third kappa shape index (κ3) is 6.57. The van der Waals surface area contributed by atoms with Crippen LogP contribution in [0.5, 0.6) is 0 Å². The van der Waals surface area contributed by atoms with Gasteiger partial charge in [0.1, 0.15) is 0 Å². The van der Waals surface area contributed by atoms with Crippen molar-refractivity contribution >= 4 is 29.2 Å². The predicted octanol–water partition coefficient (Wildman–Crippen LogP) is 3.81. The maximum Gasteiger partial charge on any atom is 0.338 e. The van der Waals surface area contributed by atoms with Gasteiger partial charge in [-0.05, 0) is 64.1 Å². The van der Waals surface area contributed by atoms with Crippen molar-refractivity contribution in [2.45, 2.75) is 27.7 Å². The van der Waals surface area contributed by atoms with Crippen molar-refractivity contribution in [3.8, 4) is 0 Å². The van der Waals surface area contributed by atoms with Gasteiger partial charge in [0.15, 0.2) is 0 Å². The highest BCUT2D eigenvalue weighted by atomic mass is 16.5. The summed E-state index contributed by atoms with van der Waals surface area (Å²) in [6.45, 7) is 9.82. The van der Waals surface area contributed by atoms with Crippen LogP contribution in [0.2, 0.25) is 0 Å². The third-order valence-electron chi connectivity index (χ3n) is 4.88. The molecular formula is C24H31N3O4. The molecule has 0 spiro atoms. The lowest BCUT2D eigenvalue weighted by Gasteiger charge is -2.23. The first-order valence-corrected chi connectivity index (χ1v) is 10.6. The van der Waals surface area contributed by atoms with Crippen LogP contribution in [0, 0.1) is 0 Å². The summed E-state index contributed by atoms with van der Waals surface area (Å²) in [7, 11) is 0. The Bertz CT molecular complexity index is 909. The zero-order chi connectivity index (χ0) is 22.8. The lowest BCUT2D eigenvalue weighted by molar-refractivity contribution is -0.115. The first kappa shape index (κ1) is 23.9. The molecule has 7 nitrogen and oxygen atoms in total. The summed E-state index contributed by atoms with van der Waals surface area (Å²) in [5.41, 5.74) is 2.31. The molecule has 0 aliphatic rings. The van der Waals surface area contributed by atoms with Crippen LogP contribution in [0.4, 0.5) is 11.4 Å². The van der Waals surface area contributed by atoms with E-state index in [1.54, 1.807) is 54.3 Å². The fraction of sp³-hybridized carbons (Fsp3) is 0.375. The van der Waals surface area contributed by atoms with Crippen molar-refractivity contribution in [1.29, 1.82) is 0 Å². The highest BCUT2D eigenvalue weighted by Gasteiger charge is 2.15. The molecule has 0 fully saturated rings. The first-order chi connectivity index (χ1) is 14.9. The van der Waals surface area contributed by atoms with Gasteiger partial charge in [0.05, 0.1) is 18.7 Å². The van der Waals surface area contributed by atoms with Gasteiger partial charge in [-0.2, -0.15) is 0 Å². The second-order valence-electron chi connectivity index (χ2n) is 6.89. The average molecular weight is 426 g/mol. The van der Waals surface area contributed by atoms with Crippen molar-refractivity contribution < 1.29 is 19.1 Å². The zero-order valence-corrected chi connectivity index (χ0v) is 18.7. The first-order valence-electron chi connectivity index (χ1n) is 10.6. The molecule has 0 bridgehead atoms. The van der Waals surface area contributed by atoms with E-state index in [4.69, 9.17) is 4.74 Å². The number of nitrogens with one attached hydrogen (secondary N) is 1. The minimum atomic E-state index is -0.389. The Labute approximate surface area is 184 Å². The Morgan fingerprint density at radius 1 is 0.871 bits per heavy atom. The van der Waals surface area contributed by atoms with Crippen molar-refractivity contribution in [3.63, 3.8) is 0 Å². The van der Waals surface area contributed by atoms with Gasteiger partial charge in [0.25, 0.3) is 5.91 Å². The molecule has 0 saturated heterocycles. The smallest absolute Gasteiger partial charge is 0.338 e. The van der Waals surface area contributed by atoms with Gasteiger partial charge in [-0.3, -0.25) is 9.59 Å². The molecule has 0 saturated carbocycles. The summed E-state index contributed by atoms with van der Waals surface area (Å²) in [4.78, 5) is 40.8. The number of anilines is 2. The molecular weight excluding hydrogens is 394 g/mol. The lowest BCUT2D eigenvalue weighted by Crippen LogP contribution is -2.33. The minimum absolute atomic E-state index is 0.0629.